The molecule has 0 bridgehead atoms. The Morgan fingerprint density at radius 3 is 2.50 bits per heavy atom. The van der Waals surface area contributed by atoms with E-state index in [0.29, 0.717) is 11.9 Å². The molecule has 4 nitrogen and oxygen atoms in total. The monoisotopic (exact) mass is 270 g/mol. The molecule has 0 fully saturated rings. The predicted molar refractivity (Wildman–Crippen MR) is 81.4 cm³/mol. The molecule has 0 aliphatic rings. The molecular weight excluding hydrogens is 248 g/mol. The number of aryl methyl sites for hydroxylation is 3. The van der Waals surface area contributed by atoms with Crippen LogP contribution >= 0.6 is 0 Å². The Morgan fingerprint density at radius 1 is 1.10 bits per heavy atom. The van der Waals surface area contributed by atoms with Crippen LogP contribution < -0.4 is 5.32 Å². The molecule has 0 aliphatic heterocycles. The molecule has 2 aromatic rings. The minimum atomic E-state index is 0.438. The molecule has 0 spiro atoms. The second-order valence-corrected chi connectivity index (χ2v) is 5.54. The van der Waals surface area contributed by atoms with E-state index in [1.54, 1.807) is 0 Å². The Kier molecular flexibility index (Phi) is 4.45. The topological polar surface area (TPSA) is 50.7 Å². The Morgan fingerprint density at radius 2 is 1.85 bits per heavy atom. The SMILES string of the molecule is Cc1cnc(-c2nc(C)cc(CNC(C)C)n2)c(C)c1. The number of hydrogen-bond donors (Lipinski definition) is 1. The summed E-state index contributed by atoms with van der Waals surface area (Å²) in [6.45, 7) is 11.1. The van der Waals surface area contributed by atoms with Crippen LogP contribution in [0.3, 0.4) is 0 Å². The molecule has 0 aliphatic carbocycles. The zero-order chi connectivity index (χ0) is 14.7. The lowest BCUT2D eigenvalue weighted by molar-refractivity contribution is 0.580. The van der Waals surface area contributed by atoms with Gasteiger partial charge in [0.05, 0.1) is 5.69 Å². The third-order valence-corrected chi connectivity index (χ3v) is 3.03. The van der Waals surface area contributed by atoms with E-state index in [1.807, 2.05) is 33.0 Å². The maximum atomic E-state index is 4.63. The Balaban J connectivity index is 2.36. The van der Waals surface area contributed by atoms with Gasteiger partial charge in [0.2, 0.25) is 0 Å². The maximum absolute atomic E-state index is 4.63. The summed E-state index contributed by atoms with van der Waals surface area (Å²) in [7, 11) is 0. The van der Waals surface area contributed by atoms with Crippen molar-refractivity contribution < 1.29 is 0 Å². The molecule has 2 rings (SSSR count). The average Bonchev–Trinajstić information content (AvgIpc) is 2.35. The van der Waals surface area contributed by atoms with Crippen molar-refractivity contribution in [2.24, 2.45) is 0 Å². The van der Waals surface area contributed by atoms with Gasteiger partial charge in [0.15, 0.2) is 5.82 Å². The fraction of sp³-hybridized carbons (Fsp3) is 0.438. The molecule has 2 heterocycles. The van der Waals surface area contributed by atoms with E-state index >= 15 is 0 Å². The van der Waals surface area contributed by atoms with Gasteiger partial charge in [-0.1, -0.05) is 19.9 Å². The molecule has 0 saturated carbocycles. The average molecular weight is 270 g/mol. The summed E-state index contributed by atoms with van der Waals surface area (Å²) in [5.74, 6) is 0.711. The molecule has 0 aromatic carbocycles. The van der Waals surface area contributed by atoms with Crippen molar-refractivity contribution in [3.05, 3.63) is 40.8 Å². The second kappa shape index (κ2) is 6.09. The largest absolute Gasteiger partial charge is 0.309 e. The molecule has 0 atom stereocenters. The predicted octanol–water partition coefficient (Wildman–Crippen LogP) is 2.96. The van der Waals surface area contributed by atoms with Crippen LogP contribution in [0, 0.1) is 20.8 Å². The Bertz CT molecular complexity index is 605. The van der Waals surface area contributed by atoms with Gasteiger partial charge in [-0.3, -0.25) is 4.98 Å². The molecule has 1 N–H and O–H groups in total. The number of hydrogen-bond acceptors (Lipinski definition) is 4. The molecule has 0 amide bonds. The molecule has 0 unspecified atom stereocenters. The standard InChI is InChI=1S/C16H22N4/c1-10(2)17-9-14-7-13(5)19-16(20-14)15-12(4)6-11(3)8-18-15/h6-8,10,17H,9H2,1-5H3. The number of rotatable bonds is 4. The first-order valence-electron chi connectivity index (χ1n) is 6.97. The van der Waals surface area contributed by atoms with Crippen molar-refractivity contribution in [3.8, 4) is 11.5 Å². The van der Waals surface area contributed by atoms with Crippen molar-refractivity contribution in [2.45, 2.75) is 47.2 Å². The third-order valence-electron chi connectivity index (χ3n) is 3.03. The lowest BCUT2D eigenvalue weighted by Crippen LogP contribution is -2.22. The minimum Gasteiger partial charge on any atom is -0.309 e. The van der Waals surface area contributed by atoms with Crippen LogP contribution in [0.5, 0.6) is 0 Å². The van der Waals surface area contributed by atoms with E-state index in [9.17, 15) is 0 Å². The first-order chi connectivity index (χ1) is 9.45. The van der Waals surface area contributed by atoms with Crippen LogP contribution in [0.2, 0.25) is 0 Å². The molecular formula is C16H22N4. The van der Waals surface area contributed by atoms with Gasteiger partial charge in [0.1, 0.15) is 5.69 Å². The Labute approximate surface area is 120 Å². The summed E-state index contributed by atoms with van der Waals surface area (Å²) in [4.78, 5) is 13.6. The summed E-state index contributed by atoms with van der Waals surface area (Å²) in [5, 5.41) is 3.38. The van der Waals surface area contributed by atoms with Gasteiger partial charge < -0.3 is 5.32 Å². The van der Waals surface area contributed by atoms with Gasteiger partial charge in [-0.25, -0.2) is 9.97 Å². The van der Waals surface area contributed by atoms with Crippen molar-refractivity contribution in [3.63, 3.8) is 0 Å². The highest BCUT2D eigenvalue weighted by molar-refractivity contribution is 5.55. The fourth-order valence-electron chi connectivity index (χ4n) is 2.09. The number of nitrogens with one attached hydrogen (secondary N) is 1. The first kappa shape index (κ1) is 14.6. The van der Waals surface area contributed by atoms with E-state index in [0.717, 1.165) is 34.8 Å². The lowest BCUT2D eigenvalue weighted by atomic mass is 10.1. The van der Waals surface area contributed by atoms with Gasteiger partial charge in [0.25, 0.3) is 0 Å². The second-order valence-electron chi connectivity index (χ2n) is 5.54. The zero-order valence-electron chi connectivity index (χ0n) is 12.9. The summed E-state index contributed by atoms with van der Waals surface area (Å²) in [6.07, 6.45) is 1.86. The molecule has 0 saturated heterocycles. The maximum Gasteiger partial charge on any atom is 0.178 e. The van der Waals surface area contributed by atoms with E-state index in [1.165, 1.54) is 0 Å². The number of nitrogens with zero attached hydrogens (tertiary/aromatic N) is 3. The molecule has 106 valence electrons. The van der Waals surface area contributed by atoms with Crippen LogP contribution in [0.25, 0.3) is 11.5 Å². The van der Waals surface area contributed by atoms with Crippen molar-refractivity contribution >= 4 is 0 Å². The zero-order valence-corrected chi connectivity index (χ0v) is 12.9. The van der Waals surface area contributed by atoms with Crippen LogP contribution in [-0.4, -0.2) is 21.0 Å². The van der Waals surface area contributed by atoms with Crippen LogP contribution in [0.1, 0.15) is 36.4 Å². The number of pyridine rings is 1. The van der Waals surface area contributed by atoms with Crippen molar-refractivity contribution in [2.75, 3.05) is 0 Å². The van der Waals surface area contributed by atoms with Crippen molar-refractivity contribution in [1.82, 2.24) is 20.3 Å². The normalized spacial score (nSPS) is 11.1. The smallest absolute Gasteiger partial charge is 0.178 e. The highest BCUT2D eigenvalue weighted by atomic mass is 15.0. The Hall–Kier alpha value is -1.81. The van der Waals surface area contributed by atoms with Crippen LogP contribution in [-0.2, 0) is 6.54 Å². The van der Waals surface area contributed by atoms with Gasteiger partial charge in [0, 0.05) is 24.5 Å². The van der Waals surface area contributed by atoms with E-state index in [2.05, 4.69) is 40.2 Å². The summed E-state index contributed by atoms with van der Waals surface area (Å²) in [5.41, 5.74) is 5.10. The highest BCUT2D eigenvalue weighted by Gasteiger charge is 2.09. The molecule has 0 radical (unpaired) electrons. The van der Waals surface area contributed by atoms with Gasteiger partial charge in [-0.15, -0.1) is 0 Å². The van der Waals surface area contributed by atoms with Gasteiger partial charge >= 0.3 is 0 Å². The van der Waals surface area contributed by atoms with Gasteiger partial charge in [-0.2, -0.15) is 0 Å². The highest BCUT2D eigenvalue weighted by Crippen LogP contribution is 2.18. The van der Waals surface area contributed by atoms with Crippen LogP contribution in [0.15, 0.2) is 18.3 Å². The van der Waals surface area contributed by atoms with E-state index in [-0.39, 0.29) is 0 Å². The van der Waals surface area contributed by atoms with E-state index in [4.69, 9.17) is 0 Å². The summed E-state index contributed by atoms with van der Waals surface area (Å²) < 4.78 is 0. The van der Waals surface area contributed by atoms with Crippen molar-refractivity contribution in [1.29, 1.82) is 0 Å². The minimum absolute atomic E-state index is 0.438. The fourth-order valence-corrected chi connectivity index (χ4v) is 2.09. The summed E-state index contributed by atoms with van der Waals surface area (Å²) >= 11 is 0. The van der Waals surface area contributed by atoms with Crippen LogP contribution in [0.4, 0.5) is 0 Å². The molecule has 4 heteroatoms. The van der Waals surface area contributed by atoms with E-state index < -0.39 is 0 Å². The third kappa shape index (κ3) is 3.61. The van der Waals surface area contributed by atoms with Gasteiger partial charge in [-0.05, 0) is 38.0 Å². The number of aromatic nitrogens is 3. The molecule has 20 heavy (non-hydrogen) atoms. The lowest BCUT2D eigenvalue weighted by Gasteiger charge is -2.10. The first-order valence-corrected chi connectivity index (χ1v) is 6.97. The molecule has 2 aromatic heterocycles. The summed E-state index contributed by atoms with van der Waals surface area (Å²) in [6, 6.07) is 4.57. The quantitative estimate of drug-likeness (QED) is 0.928.